The molecule has 50 heavy (non-hydrogen) atoms. The van der Waals surface area contributed by atoms with Crippen molar-refractivity contribution in [3.63, 3.8) is 0 Å². The summed E-state index contributed by atoms with van der Waals surface area (Å²) in [4.78, 5) is 7.18. The minimum atomic E-state index is -0.131. The van der Waals surface area contributed by atoms with Crippen molar-refractivity contribution in [3.8, 4) is 33.7 Å². The summed E-state index contributed by atoms with van der Waals surface area (Å²) < 4.78 is 12.9. The summed E-state index contributed by atoms with van der Waals surface area (Å²) in [5.74, 6) is 0.597. The number of nitrogens with zero attached hydrogens (tertiary/aromatic N) is 2. The van der Waals surface area contributed by atoms with Crippen LogP contribution in [0.15, 0.2) is 167 Å². The Morgan fingerprint density at radius 1 is 0.500 bits per heavy atom. The van der Waals surface area contributed by atoms with Crippen LogP contribution >= 0.6 is 0 Å². The monoisotopic (exact) mass is 644 g/mol. The second-order valence-corrected chi connectivity index (χ2v) is 13.6. The van der Waals surface area contributed by atoms with Gasteiger partial charge in [0.15, 0.2) is 5.58 Å². The van der Waals surface area contributed by atoms with Gasteiger partial charge in [-0.2, -0.15) is 0 Å². The Bertz CT molecular complexity index is 2720. The fourth-order valence-electron chi connectivity index (χ4n) is 7.81. The molecule has 0 spiro atoms. The summed E-state index contributed by atoms with van der Waals surface area (Å²) >= 11 is 0. The minimum Gasteiger partial charge on any atom is -0.456 e. The normalized spacial score (nSPS) is 13.2. The zero-order valence-electron chi connectivity index (χ0n) is 27.7. The Hall–Kier alpha value is -6.39. The molecule has 9 aromatic rings. The lowest BCUT2D eigenvalue weighted by Crippen LogP contribution is -2.16. The first-order valence-electron chi connectivity index (χ1n) is 17.0. The van der Waals surface area contributed by atoms with Crippen LogP contribution in [0.2, 0.25) is 0 Å². The van der Waals surface area contributed by atoms with Crippen molar-refractivity contribution >= 4 is 50.1 Å². The van der Waals surface area contributed by atoms with Crippen LogP contribution in [-0.4, -0.2) is 4.98 Å². The first kappa shape index (κ1) is 28.6. The van der Waals surface area contributed by atoms with Crippen molar-refractivity contribution in [3.05, 3.63) is 169 Å². The van der Waals surface area contributed by atoms with Crippen LogP contribution in [0.25, 0.3) is 66.7 Å². The Kier molecular flexibility index (Phi) is 6.19. The van der Waals surface area contributed by atoms with E-state index in [4.69, 9.17) is 13.8 Å². The highest BCUT2D eigenvalue weighted by Crippen LogP contribution is 2.51. The average Bonchev–Trinajstić information content (AvgIpc) is 3.82. The van der Waals surface area contributed by atoms with Crippen molar-refractivity contribution in [2.75, 3.05) is 4.90 Å². The molecule has 4 nitrogen and oxygen atoms in total. The van der Waals surface area contributed by atoms with Gasteiger partial charge in [0, 0.05) is 33.8 Å². The van der Waals surface area contributed by atoms with E-state index in [-0.39, 0.29) is 5.41 Å². The second-order valence-electron chi connectivity index (χ2n) is 13.6. The predicted octanol–water partition coefficient (Wildman–Crippen LogP) is 12.8. The third kappa shape index (κ3) is 4.35. The van der Waals surface area contributed by atoms with Gasteiger partial charge in [-0.15, -0.1) is 0 Å². The Balaban J connectivity index is 1.19. The van der Waals surface area contributed by atoms with Gasteiger partial charge in [-0.1, -0.05) is 111 Å². The molecule has 0 saturated carbocycles. The number of aromatic nitrogens is 1. The summed E-state index contributed by atoms with van der Waals surface area (Å²) in [6.07, 6.45) is 0. The quantitative estimate of drug-likeness (QED) is 0.187. The van der Waals surface area contributed by atoms with Gasteiger partial charge < -0.3 is 13.7 Å². The van der Waals surface area contributed by atoms with Crippen LogP contribution in [0, 0.1) is 0 Å². The first-order chi connectivity index (χ1) is 24.5. The molecule has 2 heterocycles. The molecule has 238 valence electrons. The molecule has 1 aliphatic rings. The van der Waals surface area contributed by atoms with Gasteiger partial charge in [0.1, 0.15) is 16.7 Å². The van der Waals surface area contributed by atoms with Crippen molar-refractivity contribution < 1.29 is 8.83 Å². The van der Waals surface area contributed by atoms with Gasteiger partial charge in [-0.3, -0.25) is 0 Å². The molecular weight excluding hydrogens is 613 g/mol. The van der Waals surface area contributed by atoms with E-state index >= 15 is 0 Å². The van der Waals surface area contributed by atoms with Gasteiger partial charge in [0.25, 0.3) is 0 Å². The number of oxazole rings is 1. The molecule has 1 aliphatic carbocycles. The van der Waals surface area contributed by atoms with Crippen molar-refractivity contribution in [1.82, 2.24) is 4.98 Å². The molecule has 4 heteroatoms. The lowest BCUT2D eigenvalue weighted by molar-refractivity contribution is 0.620. The van der Waals surface area contributed by atoms with Crippen LogP contribution < -0.4 is 4.90 Å². The van der Waals surface area contributed by atoms with Crippen LogP contribution in [-0.2, 0) is 5.41 Å². The lowest BCUT2D eigenvalue weighted by atomic mass is 9.82. The largest absolute Gasteiger partial charge is 0.456 e. The van der Waals surface area contributed by atoms with E-state index in [0.29, 0.717) is 5.89 Å². The number of rotatable bonds is 5. The van der Waals surface area contributed by atoms with Crippen molar-refractivity contribution in [1.29, 1.82) is 0 Å². The molecule has 0 radical (unpaired) electrons. The summed E-state index contributed by atoms with van der Waals surface area (Å²) in [7, 11) is 0. The molecule has 0 unspecified atom stereocenters. The minimum absolute atomic E-state index is 0.131. The fraction of sp³-hybridized carbons (Fsp3) is 0.0652. The number of anilines is 3. The highest BCUT2D eigenvalue weighted by Gasteiger charge is 2.36. The topological polar surface area (TPSA) is 42.4 Å². The molecule has 0 aliphatic heterocycles. The summed E-state index contributed by atoms with van der Waals surface area (Å²) in [6.45, 7) is 4.66. The van der Waals surface area contributed by atoms with E-state index in [1.165, 1.54) is 33.4 Å². The van der Waals surface area contributed by atoms with Crippen molar-refractivity contribution in [2.45, 2.75) is 19.3 Å². The maximum atomic E-state index is 6.56. The number of furan rings is 1. The number of benzene rings is 7. The second kappa shape index (κ2) is 10.8. The number of fused-ring (bicyclic) bond motifs is 7. The average molecular weight is 645 g/mol. The van der Waals surface area contributed by atoms with E-state index in [9.17, 15) is 0 Å². The highest BCUT2D eigenvalue weighted by molar-refractivity contribution is 6.15. The van der Waals surface area contributed by atoms with Gasteiger partial charge in [-0.05, 0) is 88.0 Å². The van der Waals surface area contributed by atoms with E-state index in [0.717, 1.165) is 55.7 Å². The highest BCUT2D eigenvalue weighted by atomic mass is 16.4. The van der Waals surface area contributed by atoms with E-state index in [1.54, 1.807) is 0 Å². The van der Waals surface area contributed by atoms with E-state index in [1.807, 2.05) is 42.5 Å². The summed E-state index contributed by atoms with van der Waals surface area (Å²) in [6, 6.07) is 55.5. The zero-order valence-corrected chi connectivity index (χ0v) is 27.7. The SMILES string of the molecule is CC1(C)c2ccccc2-c2ccc(N(c3ccc(-c4ccccc4)cc3)c3cccc4oc5cc6nc(-c7ccccc7)oc6cc5c34)cc21. The third-order valence-electron chi connectivity index (χ3n) is 10.3. The molecule has 7 aromatic carbocycles. The summed E-state index contributed by atoms with van der Waals surface area (Å²) in [5, 5.41) is 2.01. The van der Waals surface area contributed by atoms with E-state index in [2.05, 4.69) is 134 Å². The molecule has 0 fully saturated rings. The molecule has 0 bridgehead atoms. The van der Waals surface area contributed by atoms with Crippen LogP contribution in [0.4, 0.5) is 17.1 Å². The number of hydrogen-bond donors (Lipinski definition) is 0. The standard InChI is InChI=1S/C46H32N2O2/c1-46(2)37-17-10-9-16-34(37)35-25-24-33(26-38(35)46)48(32-22-20-30(21-23-32)29-12-5-3-6-13-29)40-18-11-19-41-44(40)36-27-43-39(28-42(36)49-41)47-45(50-43)31-14-7-4-8-15-31/h3-28H,1-2H3. The molecule has 0 atom stereocenters. The van der Waals surface area contributed by atoms with Gasteiger partial charge in [0.2, 0.25) is 5.89 Å². The Labute approximate surface area is 289 Å². The fourth-order valence-corrected chi connectivity index (χ4v) is 7.81. The Morgan fingerprint density at radius 3 is 1.98 bits per heavy atom. The van der Waals surface area contributed by atoms with Crippen LogP contribution in [0.3, 0.4) is 0 Å². The van der Waals surface area contributed by atoms with Gasteiger partial charge in [-0.25, -0.2) is 4.98 Å². The molecule has 0 saturated heterocycles. The molecule has 2 aromatic heterocycles. The maximum absolute atomic E-state index is 6.56. The van der Waals surface area contributed by atoms with Crippen LogP contribution in [0.5, 0.6) is 0 Å². The van der Waals surface area contributed by atoms with Gasteiger partial charge in [0.05, 0.1) is 11.1 Å². The Morgan fingerprint density at radius 2 is 1.18 bits per heavy atom. The summed E-state index contributed by atoms with van der Waals surface area (Å²) in [5.41, 5.74) is 14.7. The maximum Gasteiger partial charge on any atom is 0.227 e. The van der Waals surface area contributed by atoms with Crippen molar-refractivity contribution in [2.24, 2.45) is 0 Å². The van der Waals surface area contributed by atoms with Gasteiger partial charge >= 0.3 is 0 Å². The first-order valence-corrected chi connectivity index (χ1v) is 17.0. The third-order valence-corrected chi connectivity index (χ3v) is 10.3. The molecule has 10 rings (SSSR count). The predicted molar refractivity (Wildman–Crippen MR) is 204 cm³/mol. The zero-order chi connectivity index (χ0) is 33.4. The van der Waals surface area contributed by atoms with E-state index < -0.39 is 0 Å². The lowest BCUT2D eigenvalue weighted by Gasteiger charge is -2.28. The van der Waals surface area contributed by atoms with Crippen LogP contribution in [0.1, 0.15) is 25.0 Å². The smallest absolute Gasteiger partial charge is 0.227 e. The molecular formula is C46H32N2O2. The number of hydrogen-bond acceptors (Lipinski definition) is 4. The molecule has 0 amide bonds. The molecule has 0 N–H and O–H groups in total.